The Balaban J connectivity index is 1.50. The first-order valence-corrected chi connectivity index (χ1v) is 9.22. The first-order chi connectivity index (χ1) is 14.0. The molecule has 0 saturated carbocycles. The highest BCUT2D eigenvalue weighted by molar-refractivity contribution is 6.32. The maximum atomic E-state index is 13.1. The largest absolute Gasteiger partial charge is 0.490 e. The van der Waals surface area contributed by atoms with E-state index in [0.29, 0.717) is 22.0 Å². The molecule has 3 amide bonds. The van der Waals surface area contributed by atoms with Crippen LogP contribution >= 0.6 is 11.6 Å². The van der Waals surface area contributed by atoms with Gasteiger partial charge in [0.1, 0.15) is 24.2 Å². The minimum Gasteiger partial charge on any atom is -0.490 e. The lowest BCUT2D eigenvalue weighted by Crippen LogP contribution is -2.41. The summed E-state index contributed by atoms with van der Waals surface area (Å²) >= 11 is 6.06. The molecule has 10 heteroatoms. The number of ether oxygens (including phenoxy) is 1. The van der Waals surface area contributed by atoms with E-state index < -0.39 is 11.6 Å². The third kappa shape index (κ3) is 3.52. The van der Waals surface area contributed by atoms with Crippen LogP contribution in [0.25, 0.3) is 5.69 Å². The Hall–Kier alpha value is -3.46. The first-order valence-electron chi connectivity index (χ1n) is 8.84. The smallest absolute Gasteiger partial charge is 0.325 e. The fourth-order valence-corrected chi connectivity index (χ4v) is 3.33. The van der Waals surface area contributed by atoms with Gasteiger partial charge < -0.3 is 10.1 Å². The molecule has 1 unspecified atom stereocenters. The number of halogens is 1. The van der Waals surface area contributed by atoms with Crippen molar-refractivity contribution < 1.29 is 14.3 Å². The number of amides is 3. The Bertz CT molecular complexity index is 1060. The number of carbonyl (C=O) groups excluding carboxylic acids is 2. The molecule has 1 atom stereocenters. The van der Waals surface area contributed by atoms with E-state index in [1.807, 2.05) is 0 Å². The summed E-state index contributed by atoms with van der Waals surface area (Å²) in [6.45, 7) is 1.89. The molecule has 2 heterocycles. The highest BCUT2D eigenvalue weighted by Crippen LogP contribution is 2.30. The lowest BCUT2D eigenvalue weighted by atomic mass is 9.91. The first kappa shape index (κ1) is 18.9. The molecule has 1 saturated heterocycles. The summed E-state index contributed by atoms with van der Waals surface area (Å²) < 4.78 is 7.08. The lowest BCUT2D eigenvalue weighted by molar-refractivity contribution is -0.131. The second-order valence-corrected chi connectivity index (χ2v) is 7.00. The van der Waals surface area contributed by atoms with Gasteiger partial charge in [-0.15, -0.1) is 5.10 Å². The standard InChI is InChI=1S/C19H17ClN6O3/c1-19(13-5-4-6-14(11-13)26-12-21-23-24-26)17(27)25(18(28)22-19)9-10-29-16-8-3-2-7-15(16)20/h2-8,11-12H,9-10H2,1H3,(H,22,28). The minimum atomic E-state index is -1.20. The van der Waals surface area contributed by atoms with Crippen LogP contribution in [0.15, 0.2) is 54.9 Å². The highest BCUT2D eigenvalue weighted by Gasteiger charge is 2.48. The van der Waals surface area contributed by atoms with Crippen LogP contribution in [0.4, 0.5) is 4.79 Å². The predicted molar refractivity (Wildman–Crippen MR) is 104 cm³/mol. The predicted octanol–water partition coefficient (Wildman–Crippen LogP) is 2.16. The van der Waals surface area contributed by atoms with Crippen molar-refractivity contribution >= 4 is 23.5 Å². The molecular formula is C19H17ClN6O3. The van der Waals surface area contributed by atoms with E-state index in [9.17, 15) is 9.59 Å². The van der Waals surface area contributed by atoms with E-state index in [0.717, 1.165) is 4.90 Å². The van der Waals surface area contributed by atoms with Crippen LogP contribution in [0.1, 0.15) is 12.5 Å². The number of urea groups is 1. The summed E-state index contributed by atoms with van der Waals surface area (Å²) in [4.78, 5) is 26.7. The number of nitrogens with zero attached hydrogens (tertiary/aromatic N) is 5. The quantitative estimate of drug-likeness (QED) is 0.622. The number of tetrazole rings is 1. The Morgan fingerprint density at radius 1 is 1.17 bits per heavy atom. The molecule has 0 spiro atoms. The summed E-state index contributed by atoms with van der Waals surface area (Å²) in [5.41, 5.74) is 0.0977. The fraction of sp³-hybridized carbons (Fsp3) is 0.211. The third-order valence-corrected chi connectivity index (χ3v) is 5.03. The van der Waals surface area contributed by atoms with Crippen molar-refractivity contribution in [3.8, 4) is 11.4 Å². The summed E-state index contributed by atoms with van der Waals surface area (Å²) in [6.07, 6.45) is 1.45. The number of hydrogen-bond donors (Lipinski definition) is 1. The van der Waals surface area contributed by atoms with E-state index in [1.54, 1.807) is 55.5 Å². The Kier molecular flexibility index (Phi) is 4.89. The third-order valence-electron chi connectivity index (χ3n) is 4.72. The van der Waals surface area contributed by atoms with Crippen molar-refractivity contribution in [1.29, 1.82) is 0 Å². The van der Waals surface area contributed by atoms with Crippen LogP contribution in [0.3, 0.4) is 0 Å². The van der Waals surface area contributed by atoms with E-state index in [1.165, 1.54) is 11.0 Å². The molecule has 0 aliphatic carbocycles. The molecule has 148 valence electrons. The van der Waals surface area contributed by atoms with Crippen molar-refractivity contribution in [3.63, 3.8) is 0 Å². The number of hydrogen-bond acceptors (Lipinski definition) is 6. The number of aromatic nitrogens is 4. The summed E-state index contributed by atoms with van der Waals surface area (Å²) in [7, 11) is 0. The van der Waals surface area contributed by atoms with Gasteiger partial charge in [-0.1, -0.05) is 35.9 Å². The molecule has 2 aromatic carbocycles. The molecule has 29 heavy (non-hydrogen) atoms. The maximum Gasteiger partial charge on any atom is 0.325 e. The molecule has 9 nitrogen and oxygen atoms in total. The second kappa shape index (κ2) is 7.51. The van der Waals surface area contributed by atoms with Crippen molar-refractivity contribution in [2.24, 2.45) is 0 Å². The van der Waals surface area contributed by atoms with Gasteiger partial charge in [0.2, 0.25) is 0 Å². The van der Waals surface area contributed by atoms with Gasteiger partial charge in [-0.25, -0.2) is 9.48 Å². The average Bonchev–Trinajstić information content (AvgIpc) is 3.33. The van der Waals surface area contributed by atoms with Gasteiger partial charge >= 0.3 is 6.03 Å². The van der Waals surface area contributed by atoms with E-state index in [-0.39, 0.29) is 19.1 Å². The molecule has 1 N–H and O–H groups in total. The molecular weight excluding hydrogens is 396 g/mol. The van der Waals surface area contributed by atoms with E-state index in [4.69, 9.17) is 16.3 Å². The molecule has 1 aliphatic heterocycles. The van der Waals surface area contributed by atoms with Crippen LogP contribution in [0.2, 0.25) is 5.02 Å². The second-order valence-electron chi connectivity index (χ2n) is 6.60. The Labute approximate surface area is 171 Å². The fourth-order valence-electron chi connectivity index (χ4n) is 3.14. The van der Waals surface area contributed by atoms with Crippen LogP contribution in [-0.4, -0.2) is 50.2 Å². The van der Waals surface area contributed by atoms with Crippen LogP contribution < -0.4 is 10.1 Å². The van der Waals surface area contributed by atoms with E-state index in [2.05, 4.69) is 20.8 Å². The maximum absolute atomic E-state index is 13.1. The van der Waals surface area contributed by atoms with Gasteiger partial charge in [0.05, 0.1) is 17.3 Å². The van der Waals surface area contributed by atoms with Gasteiger partial charge in [0.15, 0.2) is 0 Å². The van der Waals surface area contributed by atoms with Crippen molar-refractivity contribution in [3.05, 3.63) is 65.4 Å². The zero-order chi connectivity index (χ0) is 20.4. The monoisotopic (exact) mass is 412 g/mol. The number of para-hydroxylation sites is 1. The molecule has 1 fully saturated rings. The number of benzene rings is 2. The molecule has 1 aromatic heterocycles. The van der Waals surface area contributed by atoms with Crippen molar-refractivity contribution in [2.45, 2.75) is 12.5 Å². The van der Waals surface area contributed by atoms with Gasteiger partial charge in [-0.2, -0.15) is 0 Å². The van der Waals surface area contributed by atoms with Gasteiger partial charge in [-0.05, 0) is 47.2 Å². The number of carbonyl (C=O) groups is 2. The van der Waals surface area contributed by atoms with E-state index >= 15 is 0 Å². The van der Waals surface area contributed by atoms with Crippen LogP contribution in [-0.2, 0) is 10.3 Å². The highest BCUT2D eigenvalue weighted by atomic mass is 35.5. The van der Waals surface area contributed by atoms with Gasteiger partial charge in [-0.3, -0.25) is 9.69 Å². The molecule has 4 rings (SSSR count). The molecule has 1 aliphatic rings. The van der Waals surface area contributed by atoms with Crippen LogP contribution in [0, 0.1) is 0 Å². The summed E-state index contributed by atoms with van der Waals surface area (Å²) in [6, 6.07) is 13.7. The topological polar surface area (TPSA) is 102 Å². The minimum absolute atomic E-state index is 0.0954. The number of nitrogens with one attached hydrogen (secondary N) is 1. The average molecular weight is 413 g/mol. The number of rotatable bonds is 6. The normalized spacial score (nSPS) is 18.8. The molecule has 3 aromatic rings. The zero-order valence-corrected chi connectivity index (χ0v) is 16.2. The Morgan fingerprint density at radius 2 is 2.00 bits per heavy atom. The van der Waals surface area contributed by atoms with Gasteiger partial charge in [0, 0.05) is 0 Å². The number of imide groups is 1. The lowest BCUT2D eigenvalue weighted by Gasteiger charge is -2.23. The van der Waals surface area contributed by atoms with Gasteiger partial charge in [0.25, 0.3) is 5.91 Å². The Morgan fingerprint density at radius 3 is 2.76 bits per heavy atom. The molecule has 0 radical (unpaired) electrons. The zero-order valence-electron chi connectivity index (χ0n) is 15.4. The van der Waals surface area contributed by atoms with Crippen LogP contribution in [0.5, 0.6) is 5.75 Å². The summed E-state index contributed by atoms with van der Waals surface area (Å²) in [5, 5.41) is 14.3. The SMILES string of the molecule is CC1(c2cccc(-n3cnnn3)c2)NC(=O)N(CCOc2ccccc2Cl)C1=O. The van der Waals surface area contributed by atoms with Crippen molar-refractivity contribution in [1.82, 2.24) is 30.4 Å². The molecule has 0 bridgehead atoms. The van der Waals surface area contributed by atoms with Crippen molar-refractivity contribution in [2.75, 3.05) is 13.2 Å². The summed E-state index contributed by atoms with van der Waals surface area (Å²) in [5.74, 6) is 0.136.